The van der Waals surface area contributed by atoms with Crippen molar-refractivity contribution in [3.8, 4) is 0 Å². The summed E-state index contributed by atoms with van der Waals surface area (Å²) in [7, 11) is -1.93. The molecule has 0 bridgehead atoms. The highest BCUT2D eigenvalue weighted by atomic mass is 79.9. The zero-order valence-corrected chi connectivity index (χ0v) is 14.4. The van der Waals surface area contributed by atoms with E-state index in [1.807, 2.05) is 6.07 Å². The molecule has 0 radical (unpaired) electrons. The zero-order chi connectivity index (χ0) is 15.6. The molecule has 0 amide bonds. The second kappa shape index (κ2) is 6.21. The van der Waals surface area contributed by atoms with E-state index < -0.39 is 10.0 Å². The van der Waals surface area contributed by atoms with Crippen LogP contribution in [0.2, 0.25) is 0 Å². The second-order valence-corrected chi connectivity index (χ2v) is 7.20. The first kappa shape index (κ1) is 16.1. The summed E-state index contributed by atoms with van der Waals surface area (Å²) >= 11 is 3.32. The summed E-state index contributed by atoms with van der Waals surface area (Å²) in [5.41, 5.74) is 1.15. The third-order valence-electron chi connectivity index (χ3n) is 3.02. The predicted octanol–water partition coefficient (Wildman–Crippen LogP) is 3.18. The van der Waals surface area contributed by atoms with E-state index in [2.05, 4.69) is 26.0 Å². The second-order valence-electron chi connectivity index (χ2n) is 4.67. The fraction of sp³-hybridized carbons (Fsp3) is 0.286. The zero-order valence-electron chi connectivity index (χ0n) is 12.0. The lowest BCUT2D eigenvalue weighted by Crippen LogP contribution is -2.17. The van der Waals surface area contributed by atoms with E-state index in [1.165, 1.54) is 0 Å². The van der Waals surface area contributed by atoms with E-state index in [4.69, 9.17) is 4.42 Å². The molecule has 0 aliphatic rings. The van der Waals surface area contributed by atoms with Crippen molar-refractivity contribution in [1.82, 2.24) is 5.32 Å². The molecule has 0 unspecified atom stereocenters. The number of sulfonamides is 1. The van der Waals surface area contributed by atoms with Crippen LogP contribution in [0, 0.1) is 13.8 Å². The summed E-state index contributed by atoms with van der Waals surface area (Å²) < 4.78 is 34.1. The molecular formula is C14H17BrN2O3S. The van der Waals surface area contributed by atoms with Gasteiger partial charge in [-0.05, 0) is 39.1 Å². The van der Waals surface area contributed by atoms with Crippen LogP contribution in [0.5, 0.6) is 0 Å². The summed E-state index contributed by atoms with van der Waals surface area (Å²) in [6, 6.07) is 7.00. The molecule has 2 N–H and O–H groups in total. The number of halogens is 1. The topological polar surface area (TPSA) is 71.3 Å². The molecule has 1 aromatic heterocycles. The summed E-state index contributed by atoms with van der Waals surface area (Å²) in [5.74, 6) is 0.997. The number of hydrogen-bond donors (Lipinski definition) is 2. The molecule has 0 aliphatic heterocycles. The number of rotatable bonds is 5. The predicted molar refractivity (Wildman–Crippen MR) is 85.9 cm³/mol. The van der Waals surface area contributed by atoms with Gasteiger partial charge in [0.25, 0.3) is 10.0 Å². The maximum Gasteiger partial charge on any atom is 0.265 e. The third-order valence-corrected chi connectivity index (χ3v) is 5.09. The molecule has 0 saturated heterocycles. The van der Waals surface area contributed by atoms with Gasteiger partial charge in [-0.1, -0.05) is 22.0 Å². The monoisotopic (exact) mass is 372 g/mol. The summed E-state index contributed by atoms with van der Waals surface area (Å²) in [6.07, 6.45) is 0. The van der Waals surface area contributed by atoms with Crippen LogP contribution >= 0.6 is 15.9 Å². The van der Waals surface area contributed by atoms with Crippen LogP contribution < -0.4 is 10.0 Å². The highest BCUT2D eigenvalue weighted by Gasteiger charge is 2.26. The lowest BCUT2D eigenvalue weighted by atomic mass is 10.2. The van der Waals surface area contributed by atoms with Gasteiger partial charge in [0.2, 0.25) is 0 Å². The van der Waals surface area contributed by atoms with Crippen molar-refractivity contribution in [3.05, 3.63) is 45.8 Å². The van der Waals surface area contributed by atoms with Gasteiger partial charge in [0.15, 0.2) is 0 Å². The number of hydrogen-bond acceptors (Lipinski definition) is 4. The Hall–Kier alpha value is -1.31. The molecule has 1 heterocycles. The van der Waals surface area contributed by atoms with Gasteiger partial charge in [-0.15, -0.1) is 0 Å². The normalized spacial score (nSPS) is 11.6. The maximum absolute atomic E-state index is 12.6. The highest BCUT2D eigenvalue weighted by Crippen LogP contribution is 2.28. The molecule has 0 atom stereocenters. The lowest BCUT2D eigenvalue weighted by Gasteiger charge is -2.10. The minimum atomic E-state index is -3.70. The average molecular weight is 373 g/mol. The molecule has 0 aliphatic carbocycles. The fourth-order valence-electron chi connectivity index (χ4n) is 2.20. The van der Waals surface area contributed by atoms with Crippen molar-refractivity contribution in [2.45, 2.75) is 25.3 Å². The number of nitrogens with one attached hydrogen (secondary N) is 2. The molecule has 5 nitrogen and oxygen atoms in total. The first-order valence-corrected chi connectivity index (χ1v) is 8.64. The third kappa shape index (κ3) is 3.48. The van der Waals surface area contributed by atoms with E-state index in [1.54, 1.807) is 39.1 Å². The van der Waals surface area contributed by atoms with E-state index in [0.717, 1.165) is 4.47 Å². The number of furan rings is 1. The lowest BCUT2D eigenvalue weighted by molar-refractivity contribution is 0.494. The van der Waals surface area contributed by atoms with Gasteiger partial charge in [0.05, 0.1) is 0 Å². The largest absolute Gasteiger partial charge is 0.465 e. The maximum atomic E-state index is 12.6. The Labute approximate surface area is 132 Å². The molecular weight excluding hydrogens is 356 g/mol. The van der Waals surface area contributed by atoms with Crippen LogP contribution in [0.25, 0.3) is 0 Å². The average Bonchev–Trinajstić information content (AvgIpc) is 2.64. The fourth-order valence-corrected chi connectivity index (χ4v) is 4.10. The van der Waals surface area contributed by atoms with E-state index in [-0.39, 0.29) is 4.90 Å². The van der Waals surface area contributed by atoms with Crippen LogP contribution in [0.15, 0.2) is 38.1 Å². The van der Waals surface area contributed by atoms with Gasteiger partial charge >= 0.3 is 0 Å². The van der Waals surface area contributed by atoms with Crippen molar-refractivity contribution in [2.75, 3.05) is 11.8 Å². The summed E-state index contributed by atoms with van der Waals surface area (Å²) in [4.78, 5) is 0.203. The Bertz CT molecular complexity index is 754. The first-order valence-electron chi connectivity index (χ1n) is 6.37. The standard InChI is InChI=1S/C14H17BrN2O3S/c1-9-13(8-16-3)14(10(2)20-9)21(18,19)17-12-6-4-5-11(15)7-12/h4-7,16-17H,8H2,1-3H3. The van der Waals surface area contributed by atoms with Crippen LogP contribution in [0.1, 0.15) is 17.1 Å². The van der Waals surface area contributed by atoms with Crippen molar-refractivity contribution in [3.63, 3.8) is 0 Å². The molecule has 2 rings (SSSR count). The van der Waals surface area contributed by atoms with E-state index >= 15 is 0 Å². The van der Waals surface area contributed by atoms with Crippen molar-refractivity contribution >= 4 is 31.6 Å². The smallest absolute Gasteiger partial charge is 0.265 e. The first-order chi connectivity index (χ1) is 9.85. The van der Waals surface area contributed by atoms with Gasteiger partial charge in [-0.3, -0.25) is 4.72 Å². The Morgan fingerprint density at radius 1 is 1.24 bits per heavy atom. The van der Waals surface area contributed by atoms with Crippen LogP contribution in [-0.2, 0) is 16.6 Å². The van der Waals surface area contributed by atoms with Crippen molar-refractivity contribution < 1.29 is 12.8 Å². The van der Waals surface area contributed by atoms with E-state index in [0.29, 0.717) is 29.3 Å². The number of aryl methyl sites for hydroxylation is 2. The molecule has 21 heavy (non-hydrogen) atoms. The summed E-state index contributed by atoms with van der Waals surface area (Å²) in [6.45, 7) is 3.84. The van der Waals surface area contributed by atoms with Crippen molar-refractivity contribution in [2.24, 2.45) is 0 Å². The van der Waals surface area contributed by atoms with Gasteiger partial charge in [-0.2, -0.15) is 0 Å². The van der Waals surface area contributed by atoms with E-state index in [9.17, 15) is 8.42 Å². The molecule has 114 valence electrons. The number of anilines is 1. The summed E-state index contributed by atoms with van der Waals surface area (Å²) in [5, 5.41) is 2.96. The molecule has 1 aromatic carbocycles. The SMILES string of the molecule is CNCc1c(C)oc(C)c1S(=O)(=O)Nc1cccc(Br)c1. The molecule has 2 aromatic rings. The van der Waals surface area contributed by atoms with Gasteiger partial charge < -0.3 is 9.73 Å². The molecule has 7 heteroatoms. The van der Waals surface area contributed by atoms with Gasteiger partial charge in [0, 0.05) is 22.3 Å². The minimum absolute atomic E-state index is 0.203. The molecule has 0 spiro atoms. The van der Waals surface area contributed by atoms with Gasteiger partial charge in [0.1, 0.15) is 16.4 Å². The molecule has 0 fully saturated rings. The highest BCUT2D eigenvalue weighted by molar-refractivity contribution is 9.10. The number of benzene rings is 1. The van der Waals surface area contributed by atoms with Crippen LogP contribution in [0.4, 0.5) is 5.69 Å². The van der Waals surface area contributed by atoms with Crippen LogP contribution in [0.3, 0.4) is 0 Å². The Morgan fingerprint density at radius 2 is 1.95 bits per heavy atom. The Morgan fingerprint density at radius 3 is 2.57 bits per heavy atom. The Balaban J connectivity index is 2.45. The van der Waals surface area contributed by atoms with Crippen molar-refractivity contribution in [1.29, 1.82) is 0 Å². The van der Waals surface area contributed by atoms with Crippen LogP contribution in [-0.4, -0.2) is 15.5 Å². The molecule has 0 saturated carbocycles. The quantitative estimate of drug-likeness (QED) is 0.845. The Kier molecular flexibility index (Phi) is 4.75. The van der Waals surface area contributed by atoms with Gasteiger partial charge in [-0.25, -0.2) is 8.42 Å². The minimum Gasteiger partial charge on any atom is -0.465 e.